The van der Waals surface area contributed by atoms with Crippen LogP contribution in [0.25, 0.3) is 20.8 Å². The van der Waals surface area contributed by atoms with Gasteiger partial charge < -0.3 is 9.84 Å². The molecule has 0 amide bonds. The predicted octanol–water partition coefficient (Wildman–Crippen LogP) is 6.79. The fourth-order valence-corrected chi connectivity index (χ4v) is 5.32. The van der Waals surface area contributed by atoms with E-state index in [1.807, 2.05) is 13.0 Å². The number of nitrogens with zero attached hydrogens (tertiary/aromatic N) is 2. The SMILES string of the molecule is Cc1nc(-c2ccc(C(F)(F)F)c(F)c2)sc1COc1ccc(C)c2sc(CCC(=O)O)nc12. The van der Waals surface area contributed by atoms with Gasteiger partial charge in [0, 0.05) is 12.0 Å². The zero-order valence-electron chi connectivity index (χ0n) is 18.0. The summed E-state index contributed by atoms with van der Waals surface area (Å²) in [5, 5.41) is 10.0. The molecule has 0 aliphatic heterocycles. The molecule has 0 aliphatic carbocycles. The van der Waals surface area contributed by atoms with Gasteiger partial charge in [-0.3, -0.25) is 4.79 Å². The minimum Gasteiger partial charge on any atom is -0.486 e. The molecule has 2 aromatic heterocycles. The molecule has 0 aliphatic rings. The molecule has 0 saturated carbocycles. The minimum atomic E-state index is -4.76. The lowest BCUT2D eigenvalue weighted by Gasteiger charge is -2.08. The van der Waals surface area contributed by atoms with Crippen molar-refractivity contribution >= 4 is 38.9 Å². The summed E-state index contributed by atoms with van der Waals surface area (Å²) in [5.74, 6) is -1.70. The van der Waals surface area contributed by atoms with E-state index >= 15 is 0 Å². The highest BCUT2D eigenvalue weighted by Crippen LogP contribution is 2.37. The number of aliphatic carboxylic acids is 1. The van der Waals surface area contributed by atoms with Crippen LogP contribution in [0.5, 0.6) is 5.75 Å². The van der Waals surface area contributed by atoms with Crippen LogP contribution in [0.2, 0.25) is 0 Å². The lowest BCUT2D eigenvalue weighted by molar-refractivity contribution is -0.140. The summed E-state index contributed by atoms with van der Waals surface area (Å²) in [6, 6.07) is 6.44. The standard InChI is InChI=1S/C23H18F4N2O3S2/c1-11-3-6-16(20-21(11)34-18(29-20)7-8-19(30)31)32-10-17-12(2)28-22(33-17)13-4-5-14(15(24)9-13)23(25,26)27/h3-6,9H,7-8,10H2,1-2H3,(H,30,31). The van der Waals surface area contributed by atoms with Gasteiger partial charge in [-0.15, -0.1) is 22.7 Å². The monoisotopic (exact) mass is 510 g/mol. The number of thiazole rings is 2. The summed E-state index contributed by atoms with van der Waals surface area (Å²) in [4.78, 5) is 20.5. The van der Waals surface area contributed by atoms with E-state index in [-0.39, 0.29) is 18.6 Å². The molecule has 4 rings (SSSR count). The van der Waals surface area contributed by atoms with Crippen LogP contribution in [0.3, 0.4) is 0 Å². The molecule has 0 fully saturated rings. The van der Waals surface area contributed by atoms with Crippen molar-refractivity contribution in [3.63, 3.8) is 0 Å². The third-order valence-corrected chi connectivity index (χ3v) is 7.50. The zero-order valence-corrected chi connectivity index (χ0v) is 19.6. The van der Waals surface area contributed by atoms with E-state index in [1.54, 1.807) is 13.0 Å². The Hall–Kier alpha value is -3.05. The number of ether oxygens (including phenoxy) is 1. The molecule has 2 aromatic carbocycles. The number of hydrogen-bond acceptors (Lipinski definition) is 6. The summed E-state index contributed by atoms with van der Waals surface area (Å²) in [6.07, 6.45) is -4.44. The summed E-state index contributed by atoms with van der Waals surface area (Å²) in [7, 11) is 0. The van der Waals surface area contributed by atoms with Gasteiger partial charge in [-0.25, -0.2) is 14.4 Å². The molecule has 11 heteroatoms. The second kappa shape index (κ2) is 9.30. The van der Waals surface area contributed by atoms with E-state index in [0.717, 1.165) is 21.2 Å². The normalized spacial score (nSPS) is 11.8. The highest BCUT2D eigenvalue weighted by Gasteiger charge is 2.34. The molecule has 2 heterocycles. The first-order valence-electron chi connectivity index (χ1n) is 10.1. The fraction of sp³-hybridized carbons (Fsp3) is 0.261. The van der Waals surface area contributed by atoms with Crippen molar-refractivity contribution in [2.45, 2.75) is 39.5 Å². The van der Waals surface area contributed by atoms with E-state index in [0.29, 0.717) is 39.5 Å². The third-order valence-electron chi connectivity index (χ3n) is 5.07. The van der Waals surface area contributed by atoms with Crippen LogP contribution in [0, 0.1) is 19.7 Å². The zero-order chi connectivity index (χ0) is 24.6. The molecule has 0 radical (unpaired) electrons. The molecule has 178 valence electrons. The van der Waals surface area contributed by atoms with Crippen molar-refractivity contribution in [1.29, 1.82) is 0 Å². The predicted molar refractivity (Wildman–Crippen MR) is 122 cm³/mol. The van der Waals surface area contributed by atoms with Crippen LogP contribution in [-0.2, 0) is 24.0 Å². The average molecular weight is 511 g/mol. The van der Waals surface area contributed by atoms with Gasteiger partial charge in [-0.2, -0.15) is 13.2 Å². The van der Waals surface area contributed by atoms with Crippen LogP contribution in [0.4, 0.5) is 17.6 Å². The number of rotatable bonds is 7. The first kappa shape index (κ1) is 24.1. The maximum absolute atomic E-state index is 14.0. The van der Waals surface area contributed by atoms with Crippen molar-refractivity contribution in [3.05, 3.63) is 62.9 Å². The molecule has 34 heavy (non-hydrogen) atoms. The second-order valence-electron chi connectivity index (χ2n) is 7.57. The molecule has 5 nitrogen and oxygen atoms in total. The van der Waals surface area contributed by atoms with E-state index in [2.05, 4.69) is 9.97 Å². The number of carbonyl (C=O) groups is 1. The molecule has 0 atom stereocenters. The molecular weight excluding hydrogens is 492 g/mol. The van der Waals surface area contributed by atoms with Crippen molar-refractivity contribution in [1.82, 2.24) is 9.97 Å². The largest absolute Gasteiger partial charge is 0.486 e. The molecular formula is C23H18F4N2O3S2. The van der Waals surface area contributed by atoms with Crippen LogP contribution >= 0.6 is 22.7 Å². The smallest absolute Gasteiger partial charge is 0.419 e. The number of aryl methyl sites for hydroxylation is 3. The molecule has 4 aromatic rings. The highest BCUT2D eigenvalue weighted by atomic mass is 32.1. The van der Waals surface area contributed by atoms with E-state index in [1.165, 1.54) is 28.7 Å². The van der Waals surface area contributed by atoms with Gasteiger partial charge in [-0.1, -0.05) is 12.1 Å². The number of fused-ring (bicyclic) bond motifs is 1. The average Bonchev–Trinajstić information content (AvgIpc) is 3.35. The Balaban J connectivity index is 1.55. The third kappa shape index (κ3) is 5.05. The van der Waals surface area contributed by atoms with Crippen LogP contribution in [0.15, 0.2) is 30.3 Å². The lowest BCUT2D eigenvalue weighted by Crippen LogP contribution is -2.07. The highest BCUT2D eigenvalue weighted by molar-refractivity contribution is 7.18. The topological polar surface area (TPSA) is 72.3 Å². The summed E-state index contributed by atoms with van der Waals surface area (Å²) < 4.78 is 59.4. The Morgan fingerprint density at radius 1 is 1.12 bits per heavy atom. The quantitative estimate of drug-likeness (QED) is 0.277. The van der Waals surface area contributed by atoms with E-state index < -0.39 is 23.5 Å². The summed E-state index contributed by atoms with van der Waals surface area (Å²) >= 11 is 2.64. The van der Waals surface area contributed by atoms with Gasteiger partial charge in [0.1, 0.15) is 28.7 Å². The van der Waals surface area contributed by atoms with Crippen molar-refractivity contribution in [2.24, 2.45) is 0 Å². The van der Waals surface area contributed by atoms with Gasteiger partial charge in [0.2, 0.25) is 0 Å². The summed E-state index contributed by atoms with van der Waals surface area (Å²) in [6.45, 7) is 3.83. The number of halogens is 4. The molecule has 1 N–H and O–H groups in total. The van der Waals surface area contributed by atoms with Gasteiger partial charge in [0.15, 0.2) is 0 Å². The molecule has 0 saturated heterocycles. The Morgan fingerprint density at radius 3 is 2.56 bits per heavy atom. The van der Waals surface area contributed by atoms with E-state index in [4.69, 9.17) is 9.84 Å². The fourth-order valence-electron chi connectivity index (χ4n) is 3.30. The van der Waals surface area contributed by atoms with Gasteiger partial charge in [0.25, 0.3) is 0 Å². The first-order chi connectivity index (χ1) is 16.0. The lowest BCUT2D eigenvalue weighted by atomic mass is 10.1. The number of carboxylic acid groups (broad SMARTS) is 1. The minimum absolute atomic E-state index is 0.0115. The van der Waals surface area contributed by atoms with Crippen LogP contribution in [-0.4, -0.2) is 21.0 Å². The van der Waals surface area contributed by atoms with Gasteiger partial charge in [-0.05, 0) is 37.6 Å². The maximum atomic E-state index is 14.0. The van der Waals surface area contributed by atoms with Gasteiger partial charge in [0.05, 0.1) is 32.3 Å². The Labute approximate surface area is 199 Å². The van der Waals surface area contributed by atoms with Crippen molar-refractivity contribution in [2.75, 3.05) is 0 Å². The maximum Gasteiger partial charge on any atom is 0.419 e. The number of carboxylic acids is 1. The Morgan fingerprint density at radius 2 is 1.88 bits per heavy atom. The van der Waals surface area contributed by atoms with Crippen molar-refractivity contribution in [3.8, 4) is 16.3 Å². The second-order valence-corrected chi connectivity index (χ2v) is 9.74. The number of alkyl halides is 3. The number of hydrogen-bond donors (Lipinski definition) is 1. The molecule has 0 unspecified atom stereocenters. The van der Waals surface area contributed by atoms with Gasteiger partial charge >= 0.3 is 12.1 Å². The molecule has 0 bridgehead atoms. The van der Waals surface area contributed by atoms with Crippen molar-refractivity contribution < 1.29 is 32.2 Å². The number of aromatic nitrogens is 2. The van der Waals surface area contributed by atoms with E-state index in [9.17, 15) is 22.4 Å². The van der Waals surface area contributed by atoms with Crippen LogP contribution < -0.4 is 4.74 Å². The Kier molecular flexibility index (Phi) is 6.59. The summed E-state index contributed by atoms with van der Waals surface area (Å²) in [5.41, 5.74) is 1.22. The van der Waals surface area contributed by atoms with Crippen LogP contribution in [0.1, 0.15) is 33.1 Å². The number of benzene rings is 2. The molecule has 0 spiro atoms. The Bertz CT molecular complexity index is 1380. The first-order valence-corrected chi connectivity index (χ1v) is 11.7.